The second-order valence-corrected chi connectivity index (χ2v) is 6.61. The number of nitrogens with zero attached hydrogens (tertiary/aromatic N) is 3. The molecule has 28 heavy (non-hydrogen) atoms. The summed E-state index contributed by atoms with van der Waals surface area (Å²) in [5.41, 5.74) is 1.86. The SMILES string of the molecule is O=C(c1cc(-c2ccccc2)nc(=O)[nH]1)N1CCN(c2ccc(F)cc2)CC1. The molecule has 1 N–H and O–H groups in total. The molecule has 4 rings (SSSR count). The van der Waals surface area contributed by atoms with Gasteiger partial charge < -0.3 is 14.8 Å². The lowest BCUT2D eigenvalue weighted by Gasteiger charge is -2.36. The van der Waals surface area contributed by atoms with Crippen LogP contribution in [0.4, 0.5) is 10.1 Å². The molecule has 3 aromatic rings. The van der Waals surface area contributed by atoms with E-state index in [0.29, 0.717) is 31.9 Å². The Balaban J connectivity index is 1.49. The van der Waals surface area contributed by atoms with Gasteiger partial charge in [0, 0.05) is 37.4 Å². The molecule has 6 nitrogen and oxygen atoms in total. The summed E-state index contributed by atoms with van der Waals surface area (Å²) < 4.78 is 13.1. The van der Waals surface area contributed by atoms with Crippen molar-refractivity contribution in [2.24, 2.45) is 0 Å². The second kappa shape index (κ2) is 7.64. The summed E-state index contributed by atoms with van der Waals surface area (Å²) in [6, 6.07) is 17.2. The van der Waals surface area contributed by atoms with E-state index >= 15 is 0 Å². The molecule has 0 aliphatic carbocycles. The third-order valence-electron chi connectivity index (χ3n) is 4.80. The topological polar surface area (TPSA) is 69.3 Å². The number of piperazine rings is 1. The number of amides is 1. The van der Waals surface area contributed by atoms with Crippen LogP contribution in [0.5, 0.6) is 0 Å². The number of halogens is 1. The van der Waals surface area contributed by atoms with Crippen LogP contribution in [0.3, 0.4) is 0 Å². The summed E-state index contributed by atoms with van der Waals surface area (Å²) in [7, 11) is 0. The Labute approximate surface area is 161 Å². The van der Waals surface area contributed by atoms with E-state index in [9.17, 15) is 14.0 Å². The maximum atomic E-state index is 13.1. The van der Waals surface area contributed by atoms with E-state index in [4.69, 9.17) is 0 Å². The highest BCUT2D eigenvalue weighted by molar-refractivity contribution is 5.93. The number of nitrogens with one attached hydrogen (secondary N) is 1. The van der Waals surface area contributed by atoms with Gasteiger partial charge >= 0.3 is 5.69 Å². The number of rotatable bonds is 3. The van der Waals surface area contributed by atoms with E-state index in [1.165, 1.54) is 12.1 Å². The van der Waals surface area contributed by atoms with Gasteiger partial charge in [-0.25, -0.2) is 9.18 Å². The molecule has 0 unspecified atom stereocenters. The number of hydrogen-bond acceptors (Lipinski definition) is 4. The van der Waals surface area contributed by atoms with E-state index in [1.54, 1.807) is 23.1 Å². The van der Waals surface area contributed by atoms with Gasteiger partial charge in [-0.15, -0.1) is 0 Å². The first kappa shape index (κ1) is 17.9. The fourth-order valence-corrected chi connectivity index (χ4v) is 3.32. The van der Waals surface area contributed by atoms with Gasteiger partial charge in [-0.2, -0.15) is 4.98 Å². The lowest BCUT2D eigenvalue weighted by molar-refractivity contribution is 0.0740. The molecule has 1 saturated heterocycles. The molecule has 1 fully saturated rings. The Bertz CT molecular complexity index is 1030. The molecular formula is C21H19FN4O2. The van der Waals surface area contributed by atoms with Gasteiger partial charge in [0.05, 0.1) is 5.69 Å². The smallest absolute Gasteiger partial charge is 0.346 e. The van der Waals surface area contributed by atoms with Crippen molar-refractivity contribution in [2.75, 3.05) is 31.1 Å². The van der Waals surface area contributed by atoms with Crippen LogP contribution in [-0.2, 0) is 0 Å². The van der Waals surface area contributed by atoms with Gasteiger partial charge in [0.25, 0.3) is 5.91 Å². The first-order chi connectivity index (χ1) is 13.6. The summed E-state index contributed by atoms with van der Waals surface area (Å²) >= 11 is 0. The van der Waals surface area contributed by atoms with Gasteiger partial charge in [0.2, 0.25) is 0 Å². The third kappa shape index (κ3) is 3.78. The van der Waals surface area contributed by atoms with Crippen LogP contribution in [0, 0.1) is 5.82 Å². The van der Waals surface area contributed by atoms with Gasteiger partial charge in [-0.1, -0.05) is 30.3 Å². The monoisotopic (exact) mass is 378 g/mol. The first-order valence-corrected chi connectivity index (χ1v) is 9.07. The van der Waals surface area contributed by atoms with Crippen molar-refractivity contribution >= 4 is 11.6 Å². The Morgan fingerprint density at radius 3 is 2.32 bits per heavy atom. The zero-order valence-electron chi connectivity index (χ0n) is 15.1. The largest absolute Gasteiger partial charge is 0.368 e. The molecule has 1 amide bonds. The lowest BCUT2D eigenvalue weighted by Crippen LogP contribution is -2.49. The third-order valence-corrected chi connectivity index (χ3v) is 4.80. The highest BCUT2D eigenvalue weighted by Crippen LogP contribution is 2.19. The van der Waals surface area contributed by atoms with Crippen molar-refractivity contribution in [1.29, 1.82) is 0 Å². The minimum atomic E-state index is -0.547. The Kier molecular flexibility index (Phi) is 4.89. The molecule has 1 aromatic heterocycles. The van der Waals surface area contributed by atoms with E-state index in [1.807, 2.05) is 30.3 Å². The van der Waals surface area contributed by atoms with E-state index in [0.717, 1.165) is 11.3 Å². The van der Waals surface area contributed by atoms with Crippen LogP contribution in [0.25, 0.3) is 11.3 Å². The fourth-order valence-electron chi connectivity index (χ4n) is 3.32. The lowest BCUT2D eigenvalue weighted by atomic mass is 10.1. The van der Waals surface area contributed by atoms with E-state index < -0.39 is 5.69 Å². The van der Waals surface area contributed by atoms with Crippen LogP contribution < -0.4 is 10.6 Å². The fraction of sp³-hybridized carbons (Fsp3) is 0.190. The maximum Gasteiger partial charge on any atom is 0.346 e. The molecule has 1 aliphatic heterocycles. The number of H-pyrrole nitrogens is 1. The van der Waals surface area contributed by atoms with Gasteiger partial charge in [0.15, 0.2) is 0 Å². The van der Waals surface area contributed by atoms with Gasteiger partial charge in [0.1, 0.15) is 11.5 Å². The molecule has 0 radical (unpaired) electrons. The molecule has 0 bridgehead atoms. The Hall–Kier alpha value is -3.48. The summed E-state index contributed by atoms with van der Waals surface area (Å²) in [5.74, 6) is -0.496. The Morgan fingerprint density at radius 2 is 1.64 bits per heavy atom. The summed E-state index contributed by atoms with van der Waals surface area (Å²) in [5, 5.41) is 0. The molecule has 1 aliphatic rings. The second-order valence-electron chi connectivity index (χ2n) is 6.61. The van der Waals surface area contributed by atoms with Gasteiger partial charge in [-0.3, -0.25) is 4.79 Å². The number of aromatic amines is 1. The van der Waals surface area contributed by atoms with Crippen molar-refractivity contribution in [2.45, 2.75) is 0 Å². The standard InChI is InChI=1S/C21H19FN4O2/c22-16-6-8-17(9-7-16)25-10-12-26(13-11-25)20(27)19-14-18(23-21(28)24-19)15-4-2-1-3-5-15/h1-9,14H,10-13H2,(H,23,24,28). The number of anilines is 1. The summed E-state index contributed by atoms with van der Waals surface area (Å²) in [6.07, 6.45) is 0. The molecule has 2 heterocycles. The zero-order chi connectivity index (χ0) is 19.5. The zero-order valence-corrected chi connectivity index (χ0v) is 15.1. The van der Waals surface area contributed by atoms with Crippen LogP contribution in [0.15, 0.2) is 65.5 Å². The quantitative estimate of drug-likeness (QED) is 0.761. The van der Waals surface area contributed by atoms with E-state index in [-0.39, 0.29) is 17.4 Å². The molecule has 0 saturated carbocycles. The number of aromatic nitrogens is 2. The minimum Gasteiger partial charge on any atom is -0.368 e. The molecular weight excluding hydrogens is 359 g/mol. The van der Waals surface area contributed by atoms with Crippen molar-refractivity contribution in [3.05, 3.63) is 82.7 Å². The van der Waals surface area contributed by atoms with Crippen molar-refractivity contribution in [3.63, 3.8) is 0 Å². The van der Waals surface area contributed by atoms with Crippen LogP contribution in [-0.4, -0.2) is 47.0 Å². The number of benzene rings is 2. The van der Waals surface area contributed by atoms with Crippen molar-refractivity contribution in [3.8, 4) is 11.3 Å². The summed E-state index contributed by atoms with van der Waals surface area (Å²) in [4.78, 5) is 35.2. The van der Waals surface area contributed by atoms with E-state index in [2.05, 4.69) is 14.9 Å². The van der Waals surface area contributed by atoms with Gasteiger partial charge in [-0.05, 0) is 30.3 Å². The van der Waals surface area contributed by atoms with Crippen LogP contribution in [0.1, 0.15) is 10.5 Å². The van der Waals surface area contributed by atoms with Crippen molar-refractivity contribution < 1.29 is 9.18 Å². The molecule has 0 spiro atoms. The Morgan fingerprint density at radius 1 is 0.964 bits per heavy atom. The normalized spacial score (nSPS) is 14.2. The van der Waals surface area contributed by atoms with Crippen LogP contribution in [0.2, 0.25) is 0 Å². The average Bonchev–Trinajstić information content (AvgIpc) is 2.74. The first-order valence-electron chi connectivity index (χ1n) is 9.07. The predicted molar refractivity (Wildman–Crippen MR) is 105 cm³/mol. The molecule has 7 heteroatoms. The summed E-state index contributed by atoms with van der Waals surface area (Å²) in [6.45, 7) is 2.30. The average molecular weight is 378 g/mol. The molecule has 142 valence electrons. The molecule has 0 atom stereocenters. The predicted octanol–water partition coefficient (Wildman–Crippen LogP) is 2.54. The van der Waals surface area contributed by atoms with Crippen LogP contribution >= 0.6 is 0 Å². The highest BCUT2D eigenvalue weighted by Gasteiger charge is 2.23. The number of hydrogen-bond donors (Lipinski definition) is 1. The minimum absolute atomic E-state index is 0.226. The van der Waals surface area contributed by atoms with Crippen molar-refractivity contribution in [1.82, 2.24) is 14.9 Å². The highest BCUT2D eigenvalue weighted by atomic mass is 19.1. The number of carbonyl (C=O) groups is 1. The molecule has 2 aromatic carbocycles. The maximum absolute atomic E-state index is 13.1. The number of carbonyl (C=O) groups excluding carboxylic acids is 1.